The summed E-state index contributed by atoms with van der Waals surface area (Å²) in [5, 5.41) is 4.79. The number of nitrogens with zero attached hydrogens (tertiary/aromatic N) is 2. The number of hydrogen-bond acceptors (Lipinski definition) is 4. The number of amides is 1. The van der Waals surface area contributed by atoms with Crippen LogP contribution < -0.4 is 5.32 Å². The number of piperidine rings is 1. The van der Waals surface area contributed by atoms with Crippen LogP contribution in [0.4, 0.5) is 0 Å². The van der Waals surface area contributed by atoms with Gasteiger partial charge in [0.2, 0.25) is 0 Å². The minimum absolute atomic E-state index is 0.0449. The number of thiazole rings is 1. The molecule has 1 unspecified atom stereocenters. The van der Waals surface area contributed by atoms with E-state index in [2.05, 4.69) is 22.2 Å². The lowest BCUT2D eigenvalue weighted by molar-refractivity contribution is 0.0908. The van der Waals surface area contributed by atoms with Gasteiger partial charge in [0.1, 0.15) is 5.69 Å². The molecule has 1 fully saturated rings. The van der Waals surface area contributed by atoms with Crippen molar-refractivity contribution in [3.63, 3.8) is 0 Å². The van der Waals surface area contributed by atoms with Crippen LogP contribution >= 0.6 is 11.3 Å². The zero-order chi connectivity index (χ0) is 10.7. The lowest BCUT2D eigenvalue weighted by Gasteiger charge is -2.29. The largest absolute Gasteiger partial charge is 0.347 e. The standard InChI is InChI=1S/C10H15N3OS/c1-13-4-2-3-8(5-13)12-10(14)9-6-15-7-11-9/h6-8H,2-5H2,1H3,(H,12,14). The van der Waals surface area contributed by atoms with Crippen molar-refractivity contribution in [2.45, 2.75) is 18.9 Å². The van der Waals surface area contributed by atoms with Crippen LogP contribution in [0.15, 0.2) is 10.9 Å². The number of likely N-dealkylation sites (tertiary alicyclic amines) is 1. The van der Waals surface area contributed by atoms with E-state index in [1.54, 1.807) is 10.9 Å². The van der Waals surface area contributed by atoms with Crippen molar-refractivity contribution < 1.29 is 4.79 Å². The van der Waals surface area contributed by atoms with Crippen LogP contribution in [0.3, 0.4) is 0 Å². The van der Waals surface area contributed by atoms with Gasteiger partial charge in [-0.15, -0.1) is 11.3 Å². The van der Waals surface area contributed by atoms with E-state index in [4.69, 9.17) is 0 Å². The fourth-order valence-electron chi connectivity index (χ4n) is 1.87. The lowest BCUT2D eigenvalue weighted by atomic mass is 10.1. The molecule has 1 saturated heterocycles. The quantitative estimate of drug-likeness (QED) is 0.815. The predicted molar refractivity (Wildman–Crippen MR) is 60.1 cm³/mol. The molecule has 0 bridgehead atoms. The number of aromatic nitrogens is 1. The van der Waals surface area contributed by atoms with E-state index in [1.165, 1.54) is 11.3 Å². The van der Waals surface area contributed by atoms with Gasteiger partial charge in [0.25, 0.3) is 5.91 Å². The third kappa shape index (κ3) is 2.76. The van der Waals surface area contributed by atoms with Gasteiger partial charge in [0, 0.05) is 18.0 Å². The van der Waals surface area contributed by atoms with Gasteiger partial charge in [-0.1, -0.05) is 0 Å². The highest BCUT2D eigenvalue weighted by Gasteiger charge is 2.19. The first-order valence-electron chi connectivity index (χ1n) is 5.13. The Morgan fingerprint density at radius 1 is 1.73 bits per heavy atom. The summed E-state index contributed by atoms with van der Waals surface area (Å²) >= 11 is 1.45. The molecule has 1 aliphatic heterocycles. The van der Waals surface area contributed by atoms with Crippen LogP contribution in [0, 0.1) is 0 Å². The summed E-state index contributed by atoms with van der Waals surface area (Å²) in [5.41, 5.74) is 2.22. The molecule has 1 aromatic rings. The van der Waals surface area contributed by atoms with Crippen LogP contribution in [0.1, 0.15) is 23.3 Å². The summed E-state index contributed by atoms with van der Waals surface area (Å²) in [5.74, 6) is -0.0449. The number of nitrogens with one attached hydrogen (secondary N) is 1. The Labute approximate surface area is 93.3 Å². The molecule has 5 heteroatoms. The molecule has 0 aliphatic carbocycles. The van der Waals surface area contributed by atoms with E-state index < -0.39 is 0 Å². The maximum Gasteiger partial charge on any atom is 0.271 e. The number of likely N-dealkylation sites (N-methyl/N-ethyl adjacent to an activating group) is 1. The Hall–Kier alpha value is -0.940. The molecular weight excluding hydrogens is 210 g/mol. The van der Waals surface area contributed by atoms with Crippen molar-refractivity contribution >= 4 is 17.2 Å². The highest BCUT2D eigenvalue weighted by Crippen LogP contribution is 2.09. The lowest BCUT2D eigenvalue weighted by Crippen LogP contribution is -2.46. The van der Waals surface area contributed by atoms with Gasteiger partial charge in [-0.3, -0.25) is 4.79 Å². The minimum Gasteiger partial charge on any atom is -0.347 e. The van der Waals surface area contributed by atoms with Gasteiger partial charge in [0.15, 0.2) is 0 Å². The Bertz CT molecular complexity index is 325. The molecular formula is C10H15N3OS. The second kappa shape index (κ2) is 4.72. The zero-order valence-corrected chi connectivity index (χ0v) is 9.59. The van der Waals surface area contributed by atoms with Crippen LogP contribution in [0.25, 0.3) is 0 Å². The number of carbonyl (C=O) groups excluding carboxylic acids is 1. The second-order valence-electron chi connectivity index (χ2n) is 3.95. The molecule has 0 aromatic carbocycles. The zero-order valence-electron chi connectivity index (χ0n) is 8.77. The summed E-state index contributed by atoms with van der Waals surface area (Å²) in [6.45, 7) is 2.07. The summed E-state index contributed by atoms with van der Waals surface area (Å²) in [7, 11) is 2.08. The maximum atomic E-state index is 11.7. The monoisotopic (exact) mass is 225 g/mol. The highest BCUT2D eigenvalue weighted by molar-refractivity contribution is 7.07. The Morgan fingerprint density at radius 2 is 2.60 bits per heavy atom. The van der Waals surface area contributed by atoms with Crippen molar-refractivity contribution in [1.29, 1.82) is 0 Å². The molecule has 1 amide bonds. The first-order chi connectivity index (χ1) is 7.25. The van der Waals surface area contributed by atoms with E-state index in [-0.39, 0.29) is 11.9 Å². The molecule has 0 saturated carbocycles. The van der Waals surface area contributed by atoms with Crippen LogP contribution in [-0.4, -0.2) is 42.0 Å². The average Bonchev–Trinajstić information content (AvgIpc) is 2.70. The van der Waals surface area contributed by atoms with Crippen molar-refractivity contribution in [2.24, 2.45) is 0 Å². The van der Waals surface area contributed by atoms with E-state index in [9.17, 15) is 4.79 Å². The smallest absolute Gasteiger partial charge is 0.271 e. The summed E-state index contributed by atoms with van der Waals surface area (Å²) in [6.07, 6.45) is 2.22. The Kier molecular flexibility index (Phi) is 3.33. The van der Waals surface area contributed by atoms with Gasteiger partial charge in [-0.05, 0) is 26.4 Å². The van der Waals surface area contributed by atoms with Crippen molar-refractivity contribution in [1.82, 2.24) is 15.2 Å². The van der Waals surface area contributed by atoms with Gasteiger partial charge in [-0.25, -0.2) is 4.98 Å². The SMILES string of the molecule is CN1CCCC(NC(=O)c2cscn2)C1. The van der Waals surface area contributed by atoms with Crippen LogP contribution in [0.2, 0.25) is 0 Å². The van der Waals surface area contributed by atoms with E-state index >= 15 is 0 Å². The van der Waals surface area contributed by atoms with E-state index in [0.717, 1.165) is 25.9 Å². The molecule has 15 heavy (non-hydrogen) atoms. The summed E-state index contributed by atoms with van der Waals surface area (Å²) in [6, 6.07) is 0.276. The molecule has 1 aromatic heterocycles. The third-order valence-corrected chi connectivity index (χ3v) is 3.21. The summed E-state index contributed by atoms with van der Waals surface area (Å²) < 4.78 is 0. The third-order valence-electron chi connectivity index (χ3n) is 2.62. The van der Waals surface area contributed by atoms with Gasteiger partial charge in [-0.2, -0.15) is 0 Å². The Morgan fingerprint density at radius 3 is 3.27 bits per heavy atom. The first-order valence-corrected chi connectivity index (χ1v) is 6.07. The molecule has 1 atom stereocenters. The van der Waals surface area contributed by atoms with E-state index in [0.29, 0.717) is 5.69 Å². The van der Waals surface area contributed by atoms with Crippen LogP contribution in [-0.2, 0) is 0 Å². The molecule has 2 rings (SSSR count). The maximum absolute atomic E-state index is 11.7. The molecule has 4 nitrogen and oxygen atoms in total. The molecule has 0 radical (unpaired) electrons. The fraction of sp³-hybridized carbons (Fsp3) is 0.600. The minimum atomic E-state index is -0.0449. The fourth-order valence-corrected chi connectivity index (χ4v) is 2.40. The normalized spacial score (nSPS) is 22.6. The average molecular weight is 225 g/mol. The molecule has 0 spiro atoms. The molecule has 2 heterocycles. The highest BCUT2D eigenvalue weighted by atomic mass is 32.1. The van der Waals surface area contributed by atoms with Crippen molar-refractivity contribution in [3.8, 4) is 0 Å². The predicted octanol–water partition coefficient (Wildman–Crippen LogP) is 0.967. The number of hydrogen-bond donors (Lipinski definition) is 1. The van der Waals surface area contributed by atoms with E-state index in [1.807, 2.05) is 0 Å². The Balaban J connectivity index is 1.89. The molecule has 1 N–H and O–H groups in total. The number of carbonyl (C=O) groups is 1. The van der Waals surface area contributed by atoms with Crippen molar-refractivity contribution in [2.75, 3.05) is 20.1 Å². The van der Waals surface area contributed by atoms with Gasteiger partial charge < -0.3 is 10.2 Å². The molecule has 1 aliphatic rings. The second-order valence-corrected chi connectivity index (χ2v) is 4.67. The van der Waals surface area contributed by atoms with Crippen LogP contribution in [0.5, 0.6) is 0 Å². The van der Waals surface area contributed by atoms with Gasteiger partial charge >= 0.3 is 0 Å². The first kappa shape index (κ1) is 10.6. The van der Waals surface area contributed by atoms with Crippen molar-refractivity contribution in [3.05, 3.63) is 16.6 Å². The topological polar surface area (TPSA) is 45.2 Å². The summed E-state index contributed by atoms with van der Waals surface area (Å²) in [4.78, 5) is 17.9. The van der Waals surface area contributed by atoms with Gasteiger partial charge in [0.05, 0.1) is 5.51 Å². The molecule has 82 valence electrons. The number of rotatable bonds is 2.